The third-order valence-corrected chi connectivity index (χ3v) is 12.1. The number of nitrogens with zero attached hydrogens (tertiary/aromatic N) is 1. The lowest BCUT2D eigenvalue weighted by molar-refractivity contribution is 0.647. The normalized spacial score (nSPS) is 12.9. The second-order valence-corrected chi connectivity index (χ2v) is 15.7. The van der Waals surface area contributed by atoms with Crippen LogP contribution in [0.15, 0.2) is 205 Å². The fourth-order valence-electron chi connectivity index (χ4n) is 9.12. The highest BCUT2D eigenvalue weighted by Crippen LogP contribution is 2.58. The van der Waals surface area contributed by atoms with Gasteiger partial charge < -0.3 is 9.32 Å². The van der Waals surface area contributed by atoms with E-state index < -0.39 is 0 Å². The van der Waals surface area contributed by atoms with Gasteiger partial charge in [0.25, 0.3) is 0 Å². The van der Waals surface area contributed by atoms with Crippen molar-refractivity contribution in [2.24, 2.45) is 0 Å². The Morgan fingerprint density at radius 1 is 0.404 bits per heavy atom. The van der Waals surface area contributed by atoms with Crippen LogP contribution >= 0.6 is 0 Å². The minimum Gasteiger partial charge on any atom is -0.456 e. The molecule has 1 aliphatic carbocycles. The van der Waals surface area contributed by atoms with Crippen LogP contribution in [0, 0.1) is 0 Å². The Labute approximate surface area is 332 Å². The van der Waals surface area contributed by atoms with Crippen molar-refractivity contribution >= 4 is 49.8 Å². The van der Waals surface area contributed by atoms with Crippen molar-refractivity contribution in [2.75, 3.05) is 4.90 Å². The minimum absolute atomic E-state index is 0.232. The fourth-order valence-corrected chi connectivity index (χ4v) is 9.12. The molecule has 0 atom stereocenters. The van der Waals surface area contributed by atoms with Crippen LogP contribution in [-0.4, -0.2) is 0 Å². The quantitative estimate of drug-likeness (QED) is 0.169. The number of hydrogen-bond donors (Lipinski definition) is 0. The Bertz CT molecular complexity index is 3040. The molecular weight excluding hydrogens is 691 g/mol. The molecular formula is C55H39NO. The zero-order chi connectivity index (χ0) is 38.1. The summed E-state index contributed by atoms with van der Waals surface area (Å²) in [4.78, 5) is 2.47. The van der Waals surface area contributed by atoms with Crippen molar-refractivity contribution in [1.82, 2.24) is 0 Å². The Kier molecular flexibility index (Phi) is 7.55. The number of anilines is 3. The molecule has 2 nitrogen and oxygen atoms in total. The molecule has 1 heterocycles. The van der Waals surface area contributed by atoms with Crippen LogP contribution in [-0.2, 0) is 5.41 Å². The summed E-state index contributed by atoms with van der Waals surface area (Å²) in [6, 6.07) is 72.5. The second-order valence-electron chi connectivity index (χ2n) is 15.7. The summed E-state index contributed by atoms with van der Waals surface area (Å²) in [5.74, 6) is 0. The summed E-state index contributed by atoms with van der Waals surface area (Å²) >= 11 is 0. The molecule has 0 aliphatic heterocycles. The Morgan fingerprint density at radius 2 is 0.930 bits per heavy atom. The summed E-state index contributed by atoms with van der Waals surface area (Å²) in [7, 11) is 0. The molecule has 0 amide bonds. The standard InChI is InChI=1S/C55H39NO/c1-55(2)48-20-12-11-19-46(48)52-49(55)35-51-53(47-32-27-43(34-50(47)57-51)42-22-21-38-17-9-10-18-41(38)33-42)54(52)56(44-28-23-39(24-29-44)36-13-5-3-6-14-36)45-30-25-40(26-31-45)37-15-7-4-8-16-37/h3-35H,1-2H3. The van der Waals surface area contributed by atoms with Gasteiger partial charge in [-0.25, -0.2) is 0 Å². The van der Waals surface area contributed by atoms with Crippen molar-refractivity contribution < 1.29 is 4.42 Å². The Balaban J connectivity index is 1.18. The van der Waals surface area contributed by atoms with E-state index in [2.05, 4.69) is 219 Å². The van der Waals surface area contributed by atoms with Gasteiger partial charge in [0, 0.05) is 27.7 Å². The van der Waals surface area contributed by atoms with Crippen LogP contribution in [0.5, 0.6) is 0 Å². The third-order valence-electron chi connectivity index (χ3n) is 12.1. The van der Waals surface area contributed by atoms with Crippen LogP contribution in [0.25, 0.3) is 77.2 Å². The van der Waals surface area contributed by atoms with Crippen LogP contribution in [0.3, 0.4) is 0 Å². The maximum Gasteiger partial charge on any atom is 0.137 e. The van der Waals surface area contributed by atoms with Gasteiger partial charge in [0.05, 0.1) is 11.1 Å². The minimum atomic E-state index is -0.232. The Morgan fingerprint density at radius 3 is 1.60 bits per heavy atom. The number of furan rings is 1. The highest BCUT2D eigenvalue weighted by atomic mass is 16.3. The SMILES string of the molecule is CC1(C)c2ccccc2-c2c1cc1oc3cc(-c4ccc5ccccc5c4)ccc3c1c2N(c1ccc(-c2ccccc2)cc1)c1ccc(-c2ccccc2)cc1. The monoisotopic (exact) mass is 729 g/mol. The smallest absolute Gasteiger partial charge is 0.137 e. The predicted molar refractivity (Wildman–Crippen MR) is 240 cm³/mol. The summed E-state index contributed by atoms with van der Waals surface area (Å²) < 4.78 is 7.01. The predicted octanol–water partition coefficient (Wildman–Crippen LogP) is 15.5. The average Bonchev–Trinajstić information content (AvgIpc) is 3.75. The van der Waals surface area contributed by atoms with Gasteiger partial charge in [-0.15, -0.1) is 0 Å². The fraction of sp³-hybridized carbons (Fsp3) is 0.0545. The first-order valence-corrected chi connectivity index (χ1v) is 19.8. The Hall–Kier alpha value is -7.16. The zero-order valence-electron chi connectivity index (χ0n) is 31.9. The van der Waals surface area contributed by atoms with Gasteiger partial charge in [0.15, 0.2) is 0 Å². The summed E-state index contributed by atoms with van der Waals surface area (Å²) in [5.41, 5.74) is 17.0. The lowest BCUT2D eigenvalue weighted by atomic mass is 9.82. The highest BCUT2D eigenvalue weighted by molar-refractivity contribution is 6.19. The molecule has 0 radical (unpaired) electrons. The van der Waals surface area contributed by atoms with E-state index in [1.807, 2.05) is 0 Å². The summed E-state index contributed by atoms with van der Waals surface area (Å²) in [5, 5.41) is 4.68. The first-order valence-electron chi connectivity index (χ1n) is 19.8. The van der Waals surface area contributed by atoms with Gasteiger partial charge in [0.2, 0.25) is 0 Å². The molecule has 9 aromatic carbocycles. The molecule has 0 bridgehead atoms. The molecule has 270 valence electrons. The van der Waals surface area contributed by atoms with E-state index >= 15 is 0 Å². The van der Waals surface area contributed by atoms with E-state index in [4.69, 9.17) is 4.42 Å². The molecule has 0 fully saturated rings. The largest absolute Gasteiger partial charge is 0.456 e. The summed E-state index contributed by atoms with van der Waals surface area (Å²) in [6.07, 6.45) is 0. The van der Waals surface area contributed by atoms with E-state index in [1.165, 1.54) is 60.8 Å². The first kappa shape index (κ1) is 33.2. The molecule has 11 rings (SSSR count). The molecule has 2 heteroatoms. The molecule has 57 heavy (non-hydrogen) atoms. The highest BCUT2D eigenvalue weighted by Gasteiger charge is 2.40. The third kappa shape index (κ3) is 5.40. The lowest BCUT2D eigenvalue weighted by Gasteiger charge is -2.30. The molecule has 0 saturated carbocycles. The first-order chi connectivity index (χ1) is 28.0. The van der Waals surface area contributed by atoms with Crippen molar-refractivity contribution in [3.05, 3.63) is 211 Å². The van der Waals surface area contributed by atoms with E-state index in [0.29, 0.717) is 0 Å². The van der Waals surface area contributed by atoms with Crippen LogP contribution in [0.1, 0.15) is 25.0 Å². The van der Waals surface area contributed by atoms with Crippen molar-refractivity contribution in [2.45, 2.75) is 19.3 Å². The summed E-state index contributed by atoms with van der Waals surface area (Å²) in [6.45, 7) is 4.70. The number of fused-ring (bicyclic) bond motifs is 7. The van der Waals surface area contributed by atoms with Gasteiger partial charge in [-0.1, -0.05) is 166 Å². The molecule has 0 unspecified atom stereocenters. The van der Waals surface area contributed by atoms with Crippen LogP contribution in [0.4, 0.5) is 17.1 Å². The average molecular weight is 730 g/mol. The maximum atomic E-state index is 7.01. The zero-order valence-corrected chi connectivity index (χ0v) is 31.9. The molecule has 0 N–H and O–H groups in total. The van der Waals surface area contributed by atoms with Crippen molar-refractivity contribution in [3.8, 4) is 44.5 Å². The second kappa shape index (κ2) is 13.0. The number of benzene rings is 9. The molecule has 1 aliphatic rings. The van der Waals surface area contributed by atoms with E-state index in [9.17, 15) is 0 Å². The van der Waals surface area contributed by atoms with Crippen LogP contribution < -0.4 is 4.90 Å². The molecule has 1 aromatic heterocycles. The van der Waals surface area contributed by atoms with Gasteiger partial charge in [-0.2, -0.15) is 0 Å². The van der Waals surface area contributed by atoms with Crippen LogP contribution in [0.2, 0.25) is 0 Å². The lowest BCUT2D eigenvalue weighted by Crippen LogP contribution is -2.16. The van der Waals surface area contributed by atoms with Gasteiger partial charge in [-0.3, -0.25) is 0 Å². The van der Waals surface area contributed by atoms with Crippen molar-refractivity contribution in [3.63, 3.8) is 0 Å². The van der Waals surface area contributed by atoms with Gasteiger partial charge in [-0.05, 0) is 109 Å². The topological polar surface area (TPSA) is 16.4 Å². The van der Waals surface area contributed by atoms with Gasteiger partial charge >= 0.3 is 0 Å². The van der Waals surface area contributed by atoms with Gasteiger partial charge in [0.1, 0.15) is 11.2 Å². The van der Waals surface area contributed by atoms with E-state index in [-0.39, 0.29) is 5.41 Å². The maximum absolute atomic E-state index is 7.01. The van der Waals surface area contributed by atoms with Crippen molar-refractivity contribution in [1.29, 1.82) is 0 Å². The molecule has 0 spiro atoms. The van der Waals surface area contributed by atoms with E-state index in [0.717, 1.165) is 44.6 Å². The molecule has 10 aromatic rings. The molecule has 0 saturated heterocycles. The number of rotatable bonds is 6. The number of hydrogen-bond acceptors (Lipinski definition) is 2. The van der Waals surface area contributed by atoms with E-state index in [1.54, 1.807) is 0 Å².